The molecule has 0 saturated heterocycles. The van der Waals surface area contributed by atoms with Crippen LogP contribution in [0.3, 0.4) is 0 Å². The Kier molecular flexibility index (Phi) is 6.39. The highest BCUT2D eigenvalue weighted by atomic mass is 14.8. The van der Waals surface area contributed by atoms with Crippen LogP contribution in [-0.4, -0.2) is 9.97 Å². The zero-order valence-corrected chi connectivity index (χ0v) is 26.6. The zero-order chi connectivity index (χ0) is 30.8. The van der Waals surface area contributed by atoms with Gasteiger partial charge in [-0.05, 0) is 102 Å². The van der Waals surface area contributed by atoms with Crippen LogP contribution in [0.5, 0.6) is 0 Å². The standard InChI is InChI=1S/C43H38N2/c1-42(2)35-9-5-8-33-24-16-28-14-20-31(21-15-28)37-10-6-12-39(44-37)43(3,4)40-13-7-11-38(45-40)32-22-17-29(18-23-32)26-30-19-25-34(41(33)35)36(42)27-30/h5-15,17-23,25,27H,16,24,26H2,1-4H3. The summed E-state index contributed by atoms with van der Waals surface area (Å²) >= 11 is 0. The second kappa shape index (κ2) is 10.4. The average molecular weight is 583 g/mol. The third-order valence-corrected chi connectivity index (χ3v) is 10.2. The van der Waals surface area contributed by atoms with Crippen molar-refractivity contribution in [1.29, 1.82) is 0 Å². The molecule has 0 unspecified atom stereocenters. The molecule has 7 heterocycles. The van der Waals surface area contributed by atoms with Gasteiger partial charge in [0, 0.05) is 22.0 Å². The predicted molar refractivity (Wildman–Crippen MR) is 186 cm³/mol. The van der Waals surface area contributed by atoms with E-state index in [0.717, 1.165) is 53.2 Å². The highest BCUT2D eigenvalue weighted by molar-refractivity contribution is 5.83. The van der Waals surface area contributed by atoms with Crippen molar-refractivity contribution in [3.63, 3.8) is 0 Å². The average Bonchev–Trinajstić information content (AvgIpc) is 3.30. The van der Waals surface area contributed by atoms with E-state index < -0.39 is 0 Å². The second-order valence-electron chi connectivity index (χ2n) is 13.9. The lowest BCUT2D eigenvalue weighted by Gasteiger charge is -2.25. The van der Waals surface area contributed by atoms with E-state index in [4.69, 9.17) is 9.97 Å². The molecule has 6 aromatic rings. The van der Waals surface area contributed by atoms with Crippen LogP contribution in [0.15, 0.2) is 121 Å². The van der Waals surface area contributed by atoms with Crippen molar-refractivity contribution in [2.24, 2.45) is 0 Å². The number of hydrogen-bond acceptors (Lipinski definition) is 2. The molecule has 0 fully saturated rings. The minimum Gasteiger partial charge on any atom is -0.252 e. The number of benzene rings is 4. The molecule has 0 spiro atoms. The quantitative estimate of drug-likeness (QED) is 0.178. The molecular weight excluding hydrogens is 544 g/mol. The number of aromatic nitrogens is 2. The Morgan fingerprint density at radius 3 is 1.71 bits per heavy atom. The van der Waals surface area contributed by atoms with Crippen molar-refractivity contribution in [2.45, 2.75) is 57.8 Å². The Bertz CT molecular complexity index is 2060. The lowest BCUT2D eigenvalue weighted by molar-refractivity contribution is 0.597. The molecule has 5 aliphatic heterocycles. The van der Waals surface area contributed by atoms with Gasteiger partial charge in [0.2, 0.25) is 0 Å². The van der Waals surface area contributed by atoms with Gasteiger partial charge in [0.25, 0.3) is 0 Å². The Balaban J connectivity index is 1.26. The molecule has 0 amide bonds. The van der Waals surface area contributed by atoms with Crippen molar-refractivity contribution in [3.8, 4) is 33.6 Å². The largest absolute Gasteiger partial charge is 0.252 e. The fourth-order valence-corrected chi connectivity index (χ4v) is 7.40. The van der Waals surface area contributed by atoms with Gasteiger partial charge in [0.05, 0.1) is 22.8 Å². The first kappa shape index (κ1) is 27.7. The van der Waals surface area contributed by atoms with Crippen LogP contribution in [0, 0.1) is 0 Å². The molecule has 0 radical (unpaired) electrons. The molecule has 2 nitrogen and oxygen atoms in total. The summed E-state index contributed by atoms with van der Waals surface area (Å²) in [5, 5.41) is 0. The van der Waals surface area contributed by atoms with E-state index in [-0.39, 0.29) is 10.8 Å². The molecule has 0 N–H and O–H groups in total. The van der Waals surface area contributed by atoms with Gasteiger partial charge in [-0.3, -0.25) is 9.97 Å². The van der Waals surface area contributed by atoms with Gasteiger partial charge in [0.1, 0.15) is 0 Å². The number of nitrogens with zero attached hydrogens (tertiary/aromatic N) is 2. The van der Waals surface area contributed by atoms with Crippen LogP contribution >= 0.6 is 0 Å². The van der Waals surface area contributed by atoms with Crippen molar-refractivity contribution >= 4 is 0 Å². The van der Waals surface area contributed by atoms with Crippen LogP contribution in [0.25, 0.3) is 33.6 Å². The summed E-state index contributed by atoms with van der Waals surface area (Å²) < 4.78 is 0. The summed E-state index contributed by atoms with van der Waals surface area (Å²) in [6.07, 6.45) is 2.93. The van der Waals surface area contributed by atoms with Crippen molar-refractivity contribution in [2.75, 3.05) is 0 Å². The molecule has 6 aliphatic rings. The Hall–Kier alpha value is -4.82. The minimum atomic E-state index is -0.351. The maximum Gasteiger partial charge on any atom is 0.0705 e. The second-order valence-corrected chi connectivity index (χ2v) is 13.9. The summed E-state index contributed by atoms with van der Waals surface area (Å²) in [5.41, 5.74) is 17.1. The molecule has 2 aromatic heterocycles. The van der Waals surface area contributed by atoms with E-state index >= 15 is 0 Å². The van der Waals surface area contributed by atoms with Crippen LogP contribution in [0.2, 0.25) is 0 Å². The summed E-state index contributed by atoms with van der Waals surface area (Å²) in [6.45, 7) is 9.21. The van der Waals surface area contributed by atoms with Gasteiger partial charge >= 0.3 is 0 Å². The smallest absolute Gasteiger partial charge is 0.0705 e. The van der Waals surface area contributed by atoms with E-state index in [2.05, 4.69) is 149 Å². The highest BCUT2D eigenvalue weighted by Crippen LogP contribution is 2.50. The first-order valence-electron chi connectivity index (χ1n) is 16.2. The number of hydrogen-bond donors (Lipinski definition) is 0. The summed E-state index contributed by atoms with van der Waals surface area (Å²) in [7, 11) is 0. The molecule has 12 bridgehead atoms. The zero-order valence-electron chi connectivity index (χ0n) is 26.6. The van der Waals surface area contributed by atoms with Crippen LogP contribution in [0.4, 0.5) is 0 Å². The molecule has 45 heavy (non-hydrogen) atoms. The molecule has 1 aliphatic carbocycles. The van der Waals surface area contributed by atoms with E-state index in [9.17, 15) is 0 Å². The van der Waals surface area contributed by atoms with Crippen molar-refractivity contribution < 1.29 is 0 Å². The van der Waals surface area contributed by atoms with Gasteiger partial charge in [-0.2, -0.15) is 0 Å². The monoisotopic (exact) mass is 582 g/mol. The molecule has 220 valence electrons. The van der Waals surface area contributed by atoms with Crippen molar-refractivity contribution in [3.05, 3.63) is 166 Å². The van der Waals surface area contributed by atoms with Crippen LogP contribution < -0.4 is 0 Å². The van der Waals surface area contributed by atoms with Gasteiger partial charge in [0.15, 0.2) is 0 Å². The first-order chi connectivity index (χ1) is 21.8. The lowest BCUT2D eigenvalue weighted by atomic mass is 9.81. The number of pyridine rings is 2. The normalized spacial score (nSPS) is 15.6. The summed E-state index contributed by atoms with van der Waals surface area (Å²) in [5.74, 6) is 0. The van der Waals surface area contributed by atoms with Gasteiger partial charge < -0.3 is 0 Å². The first-order valence-corrected chi connectivity index (χ1v) is 16.2. The summed E-state index contributed by atoms with van der Waals surface area (Å²) in [6, 6.07) is 44.8. The van der Waals surface area contributed by atoms with E-state index in [1.165, 1.54) is 44.5 Å². The number of rotatable bonds is 0. The van der Waals surface area contributed by atoms with Crippen LogP contribution in [-0.2, 0) is 30.1 Å². The van der Waals surface area contributed by atoms with Crippen molar-refractivity contribution in [1.82, 2.24) is 9.97 Å². The fraction of sp³-hybridized carbons (Fsp3) is 0.209. The van der Waals surface area contributed by atoms with E-state index in [0.29, 0.717) is 0 Å². The Labute approximate surface area is 266 Å². The number of aryl methyl sites for hydroxylation is 2. The van der Waals surface area contributed by atoms with Gasteiger partial charge in [-0.1, -0.05) is 111 Å². The predicted octanol–water partition coefficient (Wildman–Crippen LogP) is 10.1. The molecule has 0 saturated carbocycles. The maximum absolute atomic E-state index is 5.17. The SMILES string of the molecule is CC1(C)c2cccc(n2)-c2ccc(cc2)CCc2cccc3c2-c2ccc(cc2C3(C)C)Cc2ccc(cc2)-c2cccc1n2. The molecule has 12 rings (SSSR count). The molecule has 4 aromatic carbocycles. The fourth-order valence-electron chi connectivity index (χ4n) is 7.40. The maximum atomic E-state index is 5.17. The highest BCUT2D eigenvalue weighted by Gasteiger charge is 2.36. The Morgan fingerprint density at radius 2 is 1.07 bits per heavy atom. The van der Waals surface area contributed by atoms with E-state index in [1.807, 2.05) is 0 Å². The summed E-state index contributed by atoms with van der Waals surface area (Å²) in [4.78, 5) is 10.3. The van der Waals surface area contributed by atoms with E-state index in [1.54, 1.807) is 0 Å². The minimum absolute atomic E-state index is 0.0273. The lowest BCUT2D eigenvalue weighted by Crippen LogP contribution is -2.22. The molecule has 0 atom stereocenters. The third kappa shape index (κ3) is 4.71. The topological polar surface area (TPSA) is 25.8 Å². The van der Waals surface area contributed by atoms with Crippen LogP contribution in [0.1, 0.15) is 72.5 Å². The molecule has 2 heteroatoms. The van der Waals surface area contributed by atoms with Gasteiger partial charge in [-0.25, -0.2) is 0 Å². The Morgan fingerprint density at radius 1 is 0.489 bits per heavy atom. The molecular formula is C43H38N2. The van der Waals surface area contributed by atoms with Gasteiger partial charge in [-0.15, -0.1) is 0 Å². The third-order valence-electron chi connectivity index (χ3n) is 10.2.